The standard InChI is InChI=1S/C22H26FN7O/c23-18-7-3-2-6-17(18)22-25-24-19-8-9-20(26-30(19)22)28-14-12-27(13-15-28)16-21(31)29-10-4-1-5-11-29/h2-3,6-9H,1,4-5,10-16H2. The molecule has 0 unspecified atom stereocenters. The van der Waals surface area contributed by atoms with Crippen LogP contribution in [0.15, 0.2) is 36.4 Å². The molecule has 162 valence electrons. The third-order valence-electron chi connectivity index (χ3n) is 6.13. The van der Waals surface area contributed by atoms with Crippen molar-refractivity contribution in [3.63, 3.8) is 0 Å². The minimum absolute atomic E-state index is 0.242. The molecule has 2 aromatic heterocycles. The van der Waals surface area contributed by atoms with Gasteiger partial charge in [0.25, 0.3) is 0 Å². The molecule has 4 heterocycles. The molecular weight excluding hydrogens is 397 g/mol. The molecule has 0 spiro atoms. The number of piperidine rings is 1. The largest absolute Gasteiger partial charge is 0.353 e. The van der Waals surface area contributed by atoms with Crippen molar-refractivity contribution in [1.29, 1.82) is 0 Å². The van der Waals surface area contributed by atoms with Gasteiger partial charge in [0, 0.05) is 39.3 Å². The lowest BCUT2D eigenvalue weighted by atomic mass is 10.1. The Hall–Kier alpha value is -3.07. The fraction of sp³-hybridized carbons (Fsp3) is 0.455. The first-order valence-corrected chi connectivity index (χ1v) is 10.9. The van der Waals surface area contributed by atoms with Gasteiger partial charge in [-0.15, -0.1) is 15.3 Å². The van der Waals surface area contributed by atoms with Crippen LogP contribution in [0.2, 0.25) is 0 Å². The normalized spacial score (nSPS) is 18.0. The van der Waals surface area contributed by atoms with Gasteiger partial charge in [-0.1, -0.05) is 12.1 Å². The second kappa shape index (κ2) is 8.58. The number of hydrogen-bond donors (Lipinski definition) is 0. The number of aromatic nitrogens is 4. The minimum atomic E-state index is -0.351. The first kappa shape index (κ1) is 19.9. The lowest BCUT2D eigenvalue weighted by molar-refractivity contribution is -0.133. The molecule has 5 rings (SSSR count). The molecule has 0 atom stereocenters. The molecule has 0 saturated carbocycles. The molecule has 9 heteroatoms. The van der Waals surface area contributed by atoms with Gasteiger partial charge in [0.2, 0.25) is 5.91 Å². The molecule has 1 amide bonds. The van der Waals surface area contributed by atoms with E-state index in [9.17, 15) is 9.18 Å². The molecule has 2 fully saturated rings. The van der Waals surface area contributed by atoms with Crippen LogP contribution >= 0.6 is 0 Å². The van der Waals surface area contributed by atoms with Crippen LogP contribution in [0.25, 0.3) is 17.0 Å². The fourth-order valence-corrected chi connectivity index (χ4v) is 4.33. The van der Waals surface area contributed by atoms with E-state index in [4.69, 9.17) is 5.10 Å². The average molecular weight is 423 g/mol. The average Bonchev–Trinajstić information content (AvgIpc) is 3.23. The van der Waals surface area contributed by atoms with Crippen molar-refractivity contribution < 1.29 is 9.18 Å². The molecule has 3 aromatic rings. The van der Waals surface area contributed by atoms with Crippen LogP contribution in [-0.2, 0) is 4.79 Å². The number of halogens is 1. The first-order valence-electron chi connectivity index (χ1n) is 10.9. The van der Waals surface area contributed by atoms with E-state index in [2.05, 4.69) is 20.0 Å². The van der Waals surface area contributed by atoms with Gasteiger partial charge in [-0.3, -0.25) is 9.69 Å². The first-order chi connectivity index (χ1) is 15.2. The Balaban J connectivity index is 1.27. The highest BCUT2D eigenvalue weighted by Crippen LogP contribution is 2.22. The minimum Gasteiger partial charge on any atom is -0.353 e. The Morgan fingerprint density at radius 2 is 1.68 bits per heavy atom. The smallest absolute Gasteiger partial charge is 0.236 e. The Kier molecular flexibility index (Phi) is 5.50. The highest BCUT2D eigenvalue weighted by atomic mass is 19.1. The van der Waals surface area contributed by atoms with E-state index in [0.29, 0.717) is 23.6 Å². The summed E-state index contributed by atoms with van der Waals surface area (Å²) >= 11 is 0. The Labute approximate surface area is 180 Å². The topological polar surface area (TPSA) is 69.9 Å². The number of anilines is 1. The molecule has 8 nitrogen and oxygen atoms in total. The van der Waals surface area contributed by atoms with Crippen LogP contribution in [0.5, 0.6) is 0 Å². The Morgan fingerprint density at radius 1 is 0.903 bits per heavy atom. The molecule has 2 aliphatic heterocycles. The fourth-order valence-electron chi connectivity index (χ4n) is 4.33. The molecule has 31 heavy (non-hydrogen) atoms. The second-order valence-corrected chi connectivity index (χ2v) is 8.17. The Morgan fingerprint density at radius 3 is 2.45 bits per heavy atom. The molecule has 1 aromatic carbocycles. The quantitative estimate of drug-likeness (QED) is 0.640. The highest BCUT2D eigenvalue weighted by molar-refractivity contribution is 5.78. The van der Waals surface area contributed by atoms with Crippen molar-refractivity contribution in [2.75, 3.05) is 50.7 Å². The van der Waals surface area contributed by atoms with E-state index in [1.54, 1.807) is 22.7 Å². The summed E-state index contributed by atoms with van der Waals surface area (Å²) in [7, 11) is 0. The Bertz CT molecular complexity index is 1070. The van der Waals surface area contributed by atoms with Gasteiger partial charge in [0.05, 0.1) is 12.1 Å². The molecular formula is C22H26FN7O. The number of hydrogen-bond acceptors (Lipinski definition) is 6. The second-order valence-electron chi connectivity index (χ2n) is 8.17. The van der Waals surface area contributed by atoms with E-state index in [1.165, 1.54) is 12.5 Å². The summed E-state index contributed by atoms with van der Waals surface area (Å²) in [6.07, 6.45) is 3.46. The number of carbonyl (C=O) groups is 1. The van der Waals surface area contributed by atoms with Crippen molar-refractivity contribution in [2.24, 2.45) is 0 Å². The summed E-state index contributed by atoms with van der Waals surface area (Å²) < 4.78 is 15.9. The molecule has 0 radical (unpaired) electrons. The van der Waals surface area contributed by atoms with Crippen molar-refractivity contribution >= 4 is 17.4 Å². The van der Waals surface area contributed by atoms with Crippen molar-refractivity contribution in [2.45, 2.75) is 19.3 Å². The third kappa shape index (κ3) is 4.10. The van der Waals surface area contributed by atoms with E-state index in [0.717, 1.165) is 57.9 Å². The molecule has 2 aliphatic rings. The zero-order valence-corrected chi connectivity index (χ0v) is 17.5. The predicted molar refractivity (Wildman–Crippen MR) is 115 cm³/mol. The van der Waals surface area contributed by atoms with Crippen molar-refractivity contribution in [3.8, 4) is 11.4 Å². The number of amides is 1. The number of likely N-dealkylation sites (tertiary alicyclic amines) is 1. The van der Waals surface area contributed by atoms with Gasteiger partial charge in [-0.05, 0) is 43.5 Å². The molecule has 0 N–H and O–H groups in total. The molecule has 2 saturated heterocycles. The summed E-state index contributed by atoms with van der Waals surface area (Å²) in [5.74, 6) is 1.08. The molecule has 0 bridgehead atoms. The van der Waals surface area contributed by atoms with Crippen molar-refractivity contribution in [1.82, 2.24) is 29.6 Å². The van der Waals surface area contributed by atoms with Gasteiger partial charge in [-0.2, -0.15) is 4.52 Å². The van der Waals surface area contributed by atoms with Crippen LogP contribution in [-0.4, -0.2) is 81.3 Å². The van der Waals surface area contributed by atoms with E-state index >= 15 is 0 Å². The van der Waals surface area contributed by atoms with Gasteiger partial charge < -0.3 is 9.80 Å². The summed E-state index contributed by atoms with van der Waals surface area (Å²) in [5.41, 5.74) is 0.952. The number of piperazine rings is 1. The predicted octanol–water partition coefficient (Wildman–Crippen LogP) is 2.06. The SMILES string of the molecule is O=C(CN1CCN(c2ccc3nnc(-c4ccccc4F)n3n2)CC1)N1CCCCC1. The lowest BCUT2D eigenvalue weighted by Gasteiger charge is -2.36. The number of fused-ring (bicyclic) bond motifs is 1. The highest BCUT2D eigenvalue weighted by Gasteiger charge is 2.24. The van der Waals surface area contributed by atoms with Crippen LogP contribution in [0.4, 0.5) is 10.2 Å². The third-order valence-corrected chi connectivity index (χ3v) is 6.13. The van der Waals surface area contributed by atoms with Crippen LogP contribution in [0.1, 0.15) is 19.3 Å². The summed E-state index contributed by atoms with van der Waals surface area (Å²) in [6, 6.07) is 10.3. The summed E-state index contributed by atoms with van der Waals surface area (Å²) in [6.45, 7) is 5.45. The van der Waals surface area contributed by atoms with E-state index < -0.39 is 0 Å². The van der Waals surface area contributed by atoms with Crippen molar-refractivity contribution in [3.05, 3.63) is 42.2 Å². The zero-order chi connectivity index (χ0) is 21.2. The van der Waals surface area contributed by atoms with Gasteiger partial charge in [0.1, 0.15) is 11.6 Å². The van der Waals surface area contributed by atoms with Gasteiger partial charge in [0.15, 0.2) is 11.5 Å². The van der Waals surface area contributed by atoms with Crippen LogP contribution in [0.3, 0.4) is 0 Å². The van der Waals surface area contributed by atoms with Crippen LogP contribution in [0, 0.1) is 5.82 Å². The summed E-state index contributed by atoms with van der Waals surface area (Å²) in [4.78, 5) is 19.0. The number of carbonyl (C=O) groups excluding carboxylic acids is 1. The maximum Gasteiger partial charge on any atom is 0.236 e. The van der Waals surface area contributed by atoms with E-state index in [-0.39, 0.29) is 11.7 Å². The lowest BCUT2D eigenvalue weighted by Crippen LogP contribution is -2.51. The number of benzene rings is 1. The van der Waals surface area contributed by atoms with Crippen LogP contribution < -0.4 is 4.90 Å². The maximum atomic E-state index is 14.3. The molecule has 0 aliphatic carbocycles. The number of nitrogens with zero attached hydrogens (tertiary/aromatic N) is 7. The zero-order valence-electron chi connectivity index (χ0n) is 17.5. The summed E-state index contributed by atoms with van der Waals surface area (Å²) in [5, 5.41) is 13.0. The monoisotopic (exact) mass is 423 g/mol. The van der Waals surface area contributed by atoms with E-state index in [1.807, 2.05) is 17.0 Å². The number of rotatable bonds is 4. The maximum absolute atomic E-state index is 14.3. The van der Waals surface area contributed by atoms with Gasteiger partial charge >= 0.3 is 0 Å². The van der Waals surface area contributed by atoms with Gasteiger partial charge in [-0.25, -0.2) is 4.39 Å².